The van der Waals surface area contributed by atoms with Gasteiger partial charge in [0.15, 0.2) is 0 Å². The smallest absolute Gasteiger partial charge is 0.234 e. The van der Waals surface area contributed by atoms with Crippen LogP contribution in [-0.2, 0) is 11.2 Å². The summed E-state index contributed by atoms with van der Waals surface area (Å²) in [4.78, 5) is 14.8. The number of hydrogen-bond donors (Lipinski definition) is 1. The molecule has 2 N–H and O–H groups in total. The molecule has 2 aliphatic rings. The van der Waals surface area contributed by atoms with Crippen molar-refractivity contribution < 1.29 is 4.79 Å². The minimum Gasteiger partial charge on any atom is -0.329 e. The summed E-state index contributed by atoms with van der Waals surface area (Å²) in [6.07, 6.45) is 5.17. The highest BCUT2D eigenvalue weighted by Gasteiger charge is 2.43. The topological polar surface area (TPSA) is 46.3 Å². The molecule has 0 aromatic heterocycles. The van der Waals surface area contributed by atoms with E-state index in [0.717, 1.165) is 44.3 Å². The zero-order valence-corrected chi connectivity index (χ0v) is 11.9. The third kappa shape index (κ3) is 2.26. The van der Waals surface area contributed by atoms with Gasteiger partial charge >= 0.3 is 0 Å². The molecule has 0 spiro atoms. The van der Waals surface area contributed by atoms with Crippen molar-refractivity contribution >= 4 is 24.0 Å². The summed E-state index contributed by atoms with van der Waals surface area (Å²) in [5, 5.41) is 0. The van der Waals surface area contributed by atoms with Crippen molar-refractivity contribution in [2.45, 2.75) is 32.1 Å². The van der Waals surface area contributed by atoms with Crippen LogP contribution in [0.15, 0.2) is 24.3 Å². The molecule has 1 aliphatic heterocycles. The van der Waals surface area contributed by atoms with Crippen LogP contribution in [0, 0.1) is 5.41 Å². The monoisotopic (exact) mass is 280 g/mol. The number of anilines is 1. The summed E-state index contributed by atoms with van der Waals surface area (Å²) >= 11 is 0. The predicted octanol–water partition coefficient (Wildman–Crippen LogP) is 2.52. The highest BCUT2D eigenvalue weighted by Crippen LogP contribution is 2.41. The Morgan fingerprint density at radius 1 is 1.26 bits per heavy atom. The maximum absolute atomic E-state index is 12.8. The van der Waals surface area contributed by atoms with E-state index in [-0.39, 0.29) is 23.7 Å². The third-order valence-electron chi connectivity index (χ3n) is 4.54. The summed E-state index contributed by atoms with van der Waals surface area (Å²) in [5.41, 5.74) is 8.02. The molecule has 1 aromatic carbocycles. The molecule has 1 aliphatic carbocycles. The number of para-hydroxylation sites is 1. The van der Waals surface area contributed by atoms with Crippen molar-refractivity contribution in [3.8, 4) is 0 Å². The Bertz CT molecular complexity index is 469. The normalized spacial score (nSPS) is 19.9. The Labute approximate surface area is 120 Å². The number of halogens is 1. The van der Waals surface area contributed by atoms with Crippen LogP contribution in [-0.4, -0.2) is 19.0 Å². The van der Waals surface area contributed by atoms with Crippen LogP contribution in [0.5, 0.6) is 0 Å². The van der Waals surface area contributed by atoms with Crippen molar-refractivity contribution in [2.24, 2.45) is 11.1 Å². The minimum absolute atomic E-state index is 0. The Morgan fingerprint density at radius 3 is 2.63 bits per heavy atom. The lowest BCUT2D eigenvalue weighted by Crippen LogP contribution is -2.46. The van der Waals surface area contributed by atoms with Crippen LogP contribution in [0.25, 0.3) is 0 Å². The van der Waals surface area contributed by atoms with Crippen LogP contribution >= 0.6 is 12.4 Å². The molecule has 1 saturated carbocycles. The highest BCUT2D eigenvalue weighted by atomic mass is 35.5. The predicted molar refractivity (Wildman–Crippen MR) is 79.7 cm³/mol. The van der Waals surface area contributed by atoms with E-state index in [9.17, 15) is 4.79 Å². The molecule has 0 bridgehead atoms. The fourth-order valence-corrected chi connectivity index (χ4v) is 3.39. The van der Waals surface area contributed by atoms with Crippen LogP contribution in [0.2, 0.25) is 0 Å². The molecule has 1 amide bonds. The van der Waals surface area contributed by atoms with E-state index in [1.54, 1.807) is 0 Å². The molecule has 1 fully saturated rings. The first-order valence-electron chi connectivity index (χ1n) is 6.87. The second-order valence-electron chi connectivity index (χ2n) is 5.53. The van der Waals surface area contributed by atoms with Crippen molar-refractivity contribution in [2.75, 3.05) is 18.0 Å². The zero-order valence-electron chi connectivity index (χ0n) is 11.1. The Morgan fingerprint density at radius 2 is 1.95 bits per heavy atom. The van der Waals surface area contributed by atoms with Crippen molar-refractivity contribution in [3.63, 3.8) is 0 Å². The molecule has 0 saturated heterocycles. The number of amides is 1. The molecule has 19 heavy (non-hydrogen) atoms. The standard InChI is InChI=1S/C15H20N2O.ClH/c16-11-15(8-3-4-9-15)14(18)17-10-7-12-5-1-2-6-13(12)17;/h1-2,5-6H,3-4,7-11,16H2;1H. The quantitative estimate of drug-likeness (QED) is 0.905. The number of rotatable bonds is 2. The molecule has 4 heteroatoms. The number of carbonyl (C=O) groups excluding carboxylic acids is 1. The Kier molecular flexibility index (Phi) is 4.16. The zero-order chi connectivity index (χ0) is 12.6. The van der Waals surface area contributed by atoms with Crippen LogP contribution in [0.3, 0.4) is 0 Å². The van der Waals surface area contributed by atoms with Crippen LogP contribution in [0.1, 0.15) is 31.2 Å². The number of nitrogens with two attached hydrogens (primary N) is 1. The molecule has 0 unspecified atom stereocenters. The number of nitrogens with zero attached hydrogens (tertiary/aromatic N) is 1. The summed E-state index contributed by atoms with van der Waals surface area (Å²) in [6.45, 7) is 1.31. The van der Waals surface area contributed by atoms with Gasteiger partial charge in [-0.25, -0.2) is 0 Å². The highest BCUT2D eigenvalue weighted by molar-refractivity contribution is 5.99. The first kappa shape index (κ1) is 14.4. The molecule has 0 atom stereocenters. The molecule has 1 heterocycles. The first-order chi connectivity index (χ1) is 8.77. The van der Waals surface area contributed by atoms with E-state index in [4.69, 9.17) is 5.73 Å². The lowest BCUT2D eigenvalue weighted by atomic mass is 9.84. The van der Waals surface area contributed by atoms with Crippen LogP contribution in [0.4, 0.5) is 5.69 Å². The molecular weight excluding hydrogens is 260 g/mol. The van der Waals surface area contributed by atoms with Gasteiger partial charge in [0, 0.05) is 18.8 Å². The molecule has 1 aromatic rings. The SMILES string of the molecule is Cl.NCC1(C(=O)N2CCc3ccccc32)CCCC1. The Balaban J connectivity index is 0.00000133. The molecule has 104 valence electrons. The molecule has 3 rings (SSSR count). The van der Waals surface area contributed by atoms with Gasteiger partial charge in [-0.2, -0.15) is 0 Å². The van der Waals surface area contributed by atoms with Gasteiger partial charge in [-0.05, 0) is 30.9 Å². The number of benzene rings is 1. The first-order valence-corrected chi connectivity index (χ1v) is 6.87. The number of carbonyl (C=O) groups is 1. The number of fused-ring (bicyclic) bond motifs is 1. The summed E-state index contributed by atoms with van der Waals surface area (Å²) in [6, 6.07) is 8.22. The van der Waals surface area contributed by atoms with E-state index < -0.39 is 0 Å². The minimum atomic E-state index is -0.280. The summed E-state index contributed by atoms with van der Waals surface area (Å²) < 4.78 is 0. The lowest BCUT2D eigenvalue weighted by Gasteiger charge is -2.31. The lowest BCUT2D eigenvalue weighted by molar-refractivity contribution is -0.127. The van der Waals surface area contributed by atoms with E-state index in [1.165, 1.54) is 5.56 Å². The van der Waals surface area contributed by atoms with Gasteiger partial charge in [0.1, 0.15) is 0 Å². The average Bonchev–Trinajstić information content (AvgIpc) is 3.05. The summed E-state index contributed by atoms with van der Waals surface area (Å²) in [5.74, 6) is 0.257. The third-order valence-corrected chi connectivity index (χ3v) is 4.54. The van der Waals surface area contributed by atoms with Crippen molar-refractivity contribution in [3.05, 3.63) is 29.8 Å². The van der Waals surface area contributed by atoms with Gasteiger partial charge in [0.05, 0.1) is 5.41 Å². The maximum Gasteiger partial charge on any atom is 0.234 e. The van der Waals surface area contributed by atoms with Gasteiger partial charge in [-0.15, -0.1) is 12.4 Å². The fourth-order valence-electron chi connectivity index (χ4n) is 3.39. The van der Waals surface area contributed by atoms with Gasteiger partial charge in [0.25, 0.3) is 0 Å². The molecule has 3 nitrogen and oxygen atoms in total. The maximum atomic E-state index is 12.8. The fraction of sp³-hybridized carbons (Fsp3) is 0.533. The van der Waals surface area contributed by atoms with E-state index in [2.05, 4.69) is 12.1 Å². The van der Waals surface area contributed by atoms with Crippen molar-refractivity contribution in [1.82, 2.24) is 0 Å². The Hall–Kier alpha value is -1.06. The summed E-state index contributed by atoms with van der Waals surface area (Å²) in [7, 11) is 0. The van der Waals surface area contributed by atoms with Gasteiger partial charge in [-0.3, -0.25) is 4.79 Å². The van der Waals surface area contributed by atoms with Gasteiger partial charge in [-0.1, -0.05) is 31.0 Å². The van der Waals surface area contributed by atoms with Gasteiger partial charge in [0.2, 0.25) is 5.91 Å². The van der Waals surface area contributed by atoms with E-state index in [1.807, 2.05) is 17.0 Å². The largest absolute Gasteiger partial charge is 0.329 e. The average molecular weight is 281 g/mol. The van der Waals surface area contributed by atoms with Gasteiger partial charge < -0.3 is 10.6 Å². The molecule has 0 radical (unpaired) electrons. The second kappa shape index (κ2) is 5.51. The van der Waals surface area contributed by atoms with Crippen LogP contribution < -0.4 is 10.6 Å². The van der Waals surface area contributed by atoms with E-state index >= 15 is 0 Å². The van der Waals surface area contributed by atoms with Crippen molar-refractivity contribution in [1.29, 1.82) is 0 Å². The number of hydrogen-bond acceptors (Lipinski definition) is 2. The second-order valence-corrected chi connectivity index (χ2v) is 5.53. The molecular formula is C15H21ClN2O. The van der Waals surface area contributed by atoms with E-state index in [0.29, 0.717) is 6.54 Å².